The van der Waals surface area contributed by atoms with Crippen LogP contribution in [0.4, 0.5) is 0 Å². The molecule has 2 heterocycles. The Morgan fingerprint density at radius 1 is 1.43 bits per heavy atom. The third kappa shape index (κ3) is 2.99. The van der Waals surface area contributed by atoms with Gasteiger partial charge in [-0.2, -0.15) is 0 Å². The number of thiazole rings is 1. The van der Waals surface area contributed by atoms with Crippen molar-refractivity contribution in [2.45, 2.75) is 30.7 Å². The van der Waals surface area contributed by atoms with Crippen LogP contribution < -0.4 is 0 Å². The molecule has 3 rings (SSSR count). The van der Waals surface area contributed by atoms with Crippen LogP contribution in [0.2, 0.25) is 0 Å². The number of carbonyl (C=O) groups is 1. The Kier molecular flexibility index (Phi) is 4.31. The van der Waals surface area contributed by atoms with E-state index in [-0.39, 0.29) is 11.8 Å². The molecule has 0 N–H and O–H groups in total. The lowest BCUT2D eigenvalue weighted by Crippen LogP contribution is -2.31. The van der Waals surface area contributed by atoms with Gasteiger partial charge in [-0.25, -0.2) is 4.98 Å². The molecule has 1 aromatic carbocycles. The van der Waals surface area contributed by atoms with Crippen molar-refractivity contribution in [3.63, 3.8) is 0 Å². The summed E-state index contributed by atoms with van der Waals surface area (Å²) in [6, 6.07) is 8.22. The zero-order valence-electron chi connectivity index (χ0n) is 12.2. The molecule has 5 heteroatoms. The second-order valence-corrected chi connectivity index (χ2v) is 7.19. The number of benzene rings is 1. The summed E-state index contributed by atoms with van der Waals surface area (Å²) in [6.07, 6.45) is 0.953. The van der Waals surface area contributed by atoms with Crippen molar-refractivity contribution < 1.29 is 4.79 Å². The predicted octanol–water partition coefficient (Wildman–Crippen LogP) is 3.55. The summed E-state index contributed by atoms with van der Waals surface area (Å²) in [4.78, 5) is 20.3. The minimum absolute atomic E-state index is 0.0134. The number of amides is 1. The van der Waals surface area contributed by atoms with Gasteiger partial charge in [-0.1, -0.05) is 25.1 Å². The first kappa shape index (κ1) is 14.6. The van der Waals surface area contributed by atoms with Gasteiger partial charge in [0.05, 0.1) is 23.2 Å². The molecular weight excluding hydrogens is 300 g/mol. The van der Waals surface area contributed by atoms with E-state index < -0.39 is 0 Å². The lowest BCUT2D eigenvalue weighted by molar-refractivity contribution is -0.131. The standard InChI is InChI=1S/C16H18N2OS2/c1-3-15-17-11(9-21-15)8-18(2)16(19)13-10-20-14-7-5-4-6-12(13)14/h4-7,9,13H,3,8,10H2,1-2H3. The van der Waals surface area contributed by atoms with Gasteiger partial charge in [-0.3, -0.25) is 4.79 Å². The zero-order chi connectivity index (χ0) is 14.8. The maximum absolute atomic E-state index is 12.7. The van der Waals surface area contributed by atoms with Gasteiger partial charge >= 0.3 is 0 Å². The first-order valence-electron chi connectivity index (χ1n) is 7.09. The van der Waals surface area contributed by atoms with Crippen molar-refractivity contribution in [1.82, 2.24) is 9.88 Å². The largest absolute Gasteiger partial charge is 0.339 e. The number of rotatable bonds is 4. The highest BCUT2D eigenvalue weighted by Crippen LogP contribution is 2.40. The van der Waals surface area contributed by atoms with E-state index in [2.05, 4.69) is 29.4 Å². The van der Waals surface area contributed by atoms with Crippen molar-refractivity contribution in [3.05, 3.63) is 45.9 Å². The van der Waals surface area contributed by atoms with Crippen LogP contribution >= 0.6 is 23.1 Å². The molecule has 1 amide bonds. The highest BCUT2D eigenvalue weighted by atomic mass is 32.2. The number of carbonyl (C=O) groups excluding carboxylic acids is 1. The number of aryl methyl sites for hydroxylation is 1. The molecule has 2 aromatic rings. The molecule has 0 fully saturated rings. The summed E-state index contributed by atoms with van der Waals surface area (Å²) in [5.41, 5.74) is 2.17. The number of hydrogen-bond donors (Lipinski definition) is 0. The molecule has 21 heavy (non-hydrogen) atoms. The fourth-order valence-corrected chi connectivity index (χ4v) is 4.49. The summed E-state index contributed by atoms with van der Waals surface area (Å²) >= 11 is 3.45. The Morgan fingerprint density at radius 2 is 2.24 bits per heavy atom. The van der Waals surface area contributed by atoms with Gasteiger partial charge < -0.3 is 4.90 Å². The molecule has 0 saturated carbocycles. The molecule has 1 aromatic heterocycles. The van der Waals surface area contributed by atoms with Crippen molar-refractivity contribution in [2.24, 2.45) is 0 Å². The van der Waals surface area contributed by atoms with Crippen LogP contribution in [-0.2, 0) is 17.8 Å². The quantitative estimate of drug-likeness (QED) is 0.864. The van der Waals surface area contributed by atoms with Gasteiger partial charge in [0.1, 0.15) is 0 Å². The van der Waals surface area contributed by atoms with E-state index in [1.807, 2.05) is 24.1 Å². The van der Waals surface area contributed by atoms with Gasteiger partial charge in [0, 0.05) is 23.1 Å². The Hall–Kier alpha value is -1.33. The molecular formula is C16H18N2OS2. The minimum atomic E-state index is -0.0134. The van der Waals surface area contributed by atoms with E-state index in [1.54, 1.807) is 23.1 Å². The van der Waals surface area contributed by atoms with Gasteiger partial charge in [-0.05, 0) is 18.1 Å². The summed E-state index contributed by atoms with van der Waals surface area (Å²) in [5, 5.41) is 3.19. The normalized spacial score (nSPS) is 16.8. The van der Waals surface area contributed by atoms with Crippen LogP contribution in [0.5, 0.6) is 0 Å². The molecule has 110 valence electrons. The second kappa shape index (κ2) is 6.20. The van der Waals surface area contributed by atoms with Crippen molar-refractivity contribution in [2.75, 3.05) is 12.8 Å². The molecule has 0 saturated heterocycles. The first-order chi connectivity index (χ1) is 10.2. The predicted molar refractivity (Wildman–Crippen MR) is 87.9 cm³/mol. The SMILES string of the molecule is CCc1nc(CN(C)C(=O)C2CSc3ccccc32)cs1. The van der Waals surface area contributed by atoms with Crippen molar-refractivity contribution >= 4 is 29.0 Å². The Labute approximate surface area is 133 Å². The number of aromatic nitrogens is 1. The molecule has 1 aliphatic heterocycles. The molecule has 0 bridgehead atoms. The third-order valence-corrected chi connectivity index (χ3v) is 5.90. The summed E-state index contributed by atoms with van der Waals surface area (Å²) in [5.74, 6) is 1.03. The Morgan fingerprint density at radius 3 is 3.00 bits per heavy atom. The molecule has 0 aliphatic carbocycles. The minimum Gasteiger partial charge on any atom is -0.339 e. The highest BCUT2D eigenvalue weighted by Gasteiger charge is 2.31. The molecule has 0 spiro atoms. The van der Waals surface area contributed by atoms with Crippen LogP contribution in [0.25, 0.3) is 0 Å². The van der Waals surface area contributed by atoms with E-state index >= 15 is 0 Å². The molecule has 1 aliphatic rings. The number of nitrogens with zero attached hydrogens (tertiary/aromatic N) is 2. The second-order valence-electron chi connectivity index (χ2n) is 5.18. The van der Waals surface area contributed by atoms with Crippen LogP contribution in [0.15, 0.2) is 34.5 Å². The summed E-state index contributed by atoms with van der Waals surface area (Å²) in [6.45, 7) is 2.70. The van der Waals surface area contributed by atoms with Gasteiger partial charge in [0.25, 0.3) is 0 Å². The van der Waals surface area contributed by atoms with Gasteiger partial charge in [0.2, 0.25) is 5.91 Å². The van der Waals surface area contributed by atoms with Crippen LogP contribution in [0.1, 0.15) is 29.1 Å². The van der Waals surface area contributed by atoms with Crippen LogP contribution in [0, 0.1) is 0 Å². The smallest absolute Gasteiger partial charge is 0.231 e. The lowest BCUT2D eigenvalue weighted by atomic mass is 10.00. The van der Waals surface area contributed by atoms with Gasteiger partial charge in [0.15, 0.2) is 0 Å². The highest BCUT2D eigenvalue weighted by molar-refractivity contribution is 7.99. The number of likely N-dealkylation sites (N-methyl/N-ethyl adjacent to an activating group) is 1. The van der Waals surface area contributed by atoms with Crippen molar-refractivity contribution in [1.29, 1.82) is 0 Å². The van der Waals surface area contributed by atoms with Crippen LogP contribution in [0.3, 0.4) is 0 Å². The number of hydrogen-bond acceptors (Lipinski definition) is 4. The average molecular weight is 318 g/mol. The summed E-state index contributed by atoms with van der Waals surface area (Å²) in [7, 11) is 1.87. The number of fused-ring (bicyclic) bond motifs is 1. The molecule has 1 atom stereocenters. The maximum atomic E-state index is 12.7. The van der Waals surface area contributed by atoms with E-state index in [0.717, 1.165) is 22.9 Å². The van der Waals surface area contributed by atoms with Gasteiger partial charge in [-0.15, -0.1) is 23.1 Å². The van der Waals surface area contributed by atoms with E-state index in [4.69, 9.17) is 0 Å². The Balaban J connectivity index is 1.71. The van der Waals surface area contributed by atoms with Crippen LogP contribution in [-0.4, -0.2) is 28.6 Å². The third-order valence-electron chi connectivity index (χ3n) is 3.68. The topological polar surface area (TPSA) is 33.2 Å². The molecule has 0 radical (unpaired) electrons. The fraction of sp³-hybridized carbons (Fsp3) is 0.375. The van der Waals surface area contributed by atoms with Crippen molar-refractivity contribution in [3.8, 4) is 0 Å². The molecule has 3 nitrogen and oxygen atoms in total. The average Bonchev–Trinajstić information content (AvgIpc) is 3.12. The molecule has 1 unspecified atom stereocenters. The first-order valence-corrected chi connectivity index (χ1v) is 8.95. The van der Waals surface area contributed by atoms with E-state index in [9.17, 15) is 4.79 Å². The Bertz CT molecular complexity index is 653. The van der Waals surface area contributed by atoms with E-state index in [1.165, 1.54) is 10.5 Å². The van der Waals surface area contributed by atoms with E-state index in [0.29, 0.717) is 6.54 Å². The lowest BCUT2D eigenvalue weighted by Gasteiger charge is -2.20. The zero-order valence-corrected chi connectivity index (χ0v) is 13.8. The fourth-order valence-electron chi connectivity index (χ4n) is 2.54. The summed E-state index contributed by atoms with van der Waals surface area (Å²) < 4.78 is 0. The maximum Gasteiger partial charge on any atom is 0.231 e. The monoisotopic (exact) mass is 318 g/mol. The number of thioether (sulfide) groups is 1.